The van der Waals surface area contributed by atoms with Crippen molar-refractivity contribution in [2.45, 2.75) is 99.6 Å². The van der Waals surface area contributed by atoms with Crippen LogP contribution in [0.3, 0.4) is 0 Å². The molecule has 48 heavy (non-hydrogen) atoms. The summed E-state index contributed by atoms with van der Waals surface area (Å²) in [5.74, 6) is 5.50. The van der Waals surface area contributed by atoms with E-state index < -0.39 is 26.8 Å². The van der Waals surface area contributed by atoms with Gasteiger partial charge in [-0.1, -0.05) is 43.4 Å². The molecule has 3 aliphatic heterocycles. The lowest BCUT2D eigenvalue weighted by Gasteiger charge is -2.57. The van der Waals surface area contributed by atoms with Crippen molar-refractivity contribution in [3.8, 4) is 17.7 Å². The quantitative estimate of drug-likeness (QED) is 0.141. The molecule has 13 heteroatoms. The molecule has 12 nitrogen and oxygen atoms in total. The number of ether oxygens (including phenoxy) is 3. The minimum atomic E-state index is -3.97. The molecule has 1 aromatic heterocycles. The summed E-state index contributed by atoms with van der Waals surface area (Å²) in [6.07, 6.45) is 10.6. The SMILES string of the molecule is CCCCN1C[C@H]2CCCN3CCC[C@@H](C1CCCCOC(=O)CCC(=O)OCC#CCOc1nonc1S(=O)(=O)c1ccccc1)[C@@H]23. The van der Waals surface area contributed by atoms with Gasteiger partial charge < -0.3 is 14.2 Å². The van der Waals surface area contributed by atoms with Gasteiger partial charge in [0, 0.05) is 18.6 Å². The highest BCUT2D eigenvalue weighted by molar-refractivity contribution is 7.91. The molecule has 3 saturated heterocycles. The number of sulfone groups is 1. The van der Waals surface area contributed by atoms with Gasteiger partial charge in [0.2, 0.25) is 9.84 Å². The monoisotopic (exact) mass is 684 g/mol. The molecule has 4 heterocycles. The lowest BCUT2D eigenvalue weighted by Crippen LogP contribution is -2.64. The van der Waals surface area contributed by atoms with Crippen LogP contribution in [-0.2, 0) is 28.9 Å². The Bertz CT molecular complexity index is 1500. The van der Waals surface area contributed by atoms with Crippen LogP contribution in [0.1, 0.15) is 77.6 Å². The highest BCUT2D eigenvalue weighted by atomic mass is 32.2. The number of carbonyl (C=O) groups excluding carboxylic acids is 2. The molecule has 0 bridgehead atoms. The lowest BCUT2D eigenvalue weighted by atomic mass is 9.69. The van der Waals surface area contributed by atoms with Crippen LogP contribution in [0, 0.1) is 23.7 Å². The maximum Gasteiger partial charge on any atom is 0.307 e. The molecule has 262 valence electrons. The van der Waals surface area contributed by atoms with Crippen molar-refractivity contribution in [3.63, 3.8) is 0 Å². The Hall–Kier alpha value is -3.47. The summed E-state index contributed by atoms with van der Waals surface area (Å²) in [7, 11) is -3.97. The van der Waals surface area contributed by atoms with Crippen LogP contribution < -0.4 is 4.74 Å². The van der Waals surface area contributed by atoms with E-state index in [0.717, 1.165) is 37.1 Å². The van der Waals surface area contributed by atoms with E-state index in [1.165, 1.54) is 76.8 Å². The van der Waals surface area contributed by atoms with Crippen LogP contribution >= 0.6 is 0 Å². The third-order valence-electron chi connectivity index (χ3n) is 9.72. The number of benzene rings is 1. The molecule has 0 aliphatic carbocycles. The molecule has 3 aliphatic rings. The second-order valence-electron chi connectivity index (χ2n) is 12.9. The van der Waals surface area contributed by atoms with E-state index in [9.17, 15) is 18.0 Å². The number of unbranched alkanes of at least 4 members (excludes halogenated alkanes) is 2. The fourth-order valence-electron chi connectivity index (χ4n) is 7.55. The first-order chi connectivity index (χ1) is 23.4. The zero-order valence-corrected chi connectivity index (χ0v) is 28.7. The molecule has 5 rings (SSSR count). The van der Waals surface area contributed by atoms with Crippen molar-refractivity contribution in [1.82, 2.24) is 20.1 Å². The zero-order chi connectivity index (χ0) is 33.8. The van der Waals surface area contributed by atoms with Crippen LogP contribution in [0.2, 0.25) is 0 Å². The number of nitrogens with zero attached hydrogens (tertiary/aromatic N) is 4. The number of piperidine rings is 3. The Morgan fingerprint density at radius 1 is 0.958 bits per heavy atom. The van der Waals surface area contributed by atoms with E-state index in [1.54, 1.807) is 18.2 Å². The zero-order valence-electron chi connectivity index (χ0n) is 27.9. The van der Waals surface area contributed by atoms with Gasteiger partial charge >= 0.3 is 11.9 Å². The molecule has 2 aromatic rings. The van der Waals surface area contributed by atoms with Gasteiger partial charge in [0.05, 0.1) is 24.3 Å². The van der Waals surface area contributed by atoms with Crippen molar-refractivity contribution in [3.05, 3.63) is 30.3 Å². The van der Waals surface area contributed by atoms with E-state index in [2.05, 4.69) is 43.5 Å². The summed E-state index contributed by atoms with van der Waals surface area (Å²) < 4.78 is 45.8. The molecule has 0 N–H and O–H groups in total. The van der Waals surface area contributed by atoms with Crippen molar-refractivity contribution in [1.29, 1.82) is 0 Å². The third kappa shape index (κ3) is 9.36. The number of rotatable bonds is 16. The van der Waals surface area contributed by atoms with Gasteiger partial charge in [0.1, 0.15) is 0 Å². The average Bonchev–Trinajstić information content (AvgIpc) is 3.59. The van der Waals surface area contributed by atoms with Crippen molar-refractivity contribution >= 4 is 21.8 Å². The highest BCUT2D eigenvalue weighted by Gasteiger charge is 2.47. The Morgan fingerprint density at radius 3 is 2.50 bits per heavy atom. The molecule has 3 fully saturated rings. The molecule has 1 unspecified atom stereocenters. The van der Waals surface area contributed by atoms with Crippen LogP contribution in [0.5, 0.6) is 5.88 Å². The van der Waals surface area contributed by atoms with Gasteiger partial charge in [0.15, 0.2) is 13.2 Å². The second-order valence-corrected chi connectivity index (χ2v) is 14.7. The fraction of sp³-hybridized carbons (Fsp3) is 0.657. The summed E-state index contributed by atoms with van der Waals surface area (Å²) >= 11 is 0. The van der Waals surface area contributed by atoms with Crippen LogP contribution in [0.15, 0.2) is 44.9 Å². The number of esters is 2. The van der Waals surface area contributed by atoms with Gasteiger partial charge in [-0.15, -0.1) is 0 Å². The predicted molar refractivity (Wildman–Crippen MR) is 176 cm³/mol. The maximum absolute atomic E-state index is 12.7. The highest BCUT2D eigenvalue weighted by Crippen LogP contribution is 2.43. The number of carbonyl (C=O) groups is 2. The van der Waals surface area contributed by atoms with Gasteiger partial charge in [-0.05, 0) is 105 Å². The van der Waals surface area contributed by atoms with Crippen LogP contribution in [0.4, 0.5) is 0 Å². The normalized spacial score (nSPS) is 22.6. The van der Waals surface area contributed by atoms with Crippen LogP contribution in [0.25, 0.3) is 0 Å². The number of hydrogen-bond acceptors (Lipinski definition) is 12. The summed E-state index contributed by atoms with van der Waals surface area (Å²) in [4.78, 5) is 29.9. The number of hydrogen-bond donors (Lipinski definition) is 0. The minimum Gasteiger partial charge on any atom is -0.466 e. The first-order valence-corrected chi connectivity index (χ1v) is 18.9. The fourth-order valence-corrected chi connectivity index (χ4v) is 8.74. The Balaban J connectivity index is 0.952. The molecule has 0 radical (unpaired) electrons. The Kier molecular flexibility index (Phi) is 13.3. The van der Waals surface area contributed by atoms with Crippen LogP contribution in [-0.4, -0.2) is 98.6 Å². The van der Waals surface area contributed by atoms with Crippen molar-refractivity contribution in [2.75, 3.05) is 46.0 Å². The minimum absolute atomic E-state index is 0.0219. The predicted octanol–water partition coefficient (Wildman–Crippen LogP) is 4.30. The van der Waals surface area contributed by atoms with Gasteiger partial charge in [-0.2, -0.15) is 0 Å². The Morgan fingerprint density at radius 2 is 1.71 bits per heavy atom. The molecule has 0 saturated carbocycles. The topological polar surface area (TPSA) is 141 Å². The first kappa shape index (κ1) is 35.8. The molecule has 1 aromatic carbocycles. The van der Waals surface area contributed by atoms with E-state index in [-0.39, 0.29) is 36.8 Å². The molecular weight excluding hydrogens is 636 g/mol. The first-order valence-electron chi connectivity index (χ1n) is 17.4. The lowest BCUT2D eigenvalue weighted by molar-refractivity contribution is -0.149. The maximum atomic E-state index is 12.7. The summed E-state index contributed by atoms with van der Waals surface area (Å²) in [5.41, 5.74) is 0. The average molecular weight is 685 g/mol. The smallest absolute Gasteiger partial charge is 0.307 e. The molecular formula is C35H48N4O8S. The van der Waals surface area contributed by atoms with Crippen molar-refractivity contribution < 1.29 is 36.8 Å². The number of likely N-dealkylation sites (tertiary alicyclic amines) is 1. The summed E-state index contributed by atoms with van der Waals surface area (Å²) in [6.45, 7) is 7.14. The van der Waals surface area contributed by atoms with Gasteiger partial charge in [0.25, 0.3) is 10.9 Å². The van der Waals surface area contributed by atoms with Crippen molar-refractivity contribution in [2.24, 2.45) is 11.8 Å². The van der Waals surface area contributed by atoms with E-state index >= 15 is 0 Å². The second kappa shape index (κ2) is 17.8. The molecule has 0 spiro atoms. The van der Waals surface area contributed by atoms with E-state index in [0.29, 0.717) is 12.6 Å². The third-order valence-corrected chi connectivity index (χ3v) is 11.4. The summed E-state index contributed by atoms with van der Waals surface area (Å²) in [6, 6.07) is 9.08. The largest absolute Gasteiger partial charge is 0.466 e. The standard InChI is InChI=1S/C35H48N4O8S/c1-2-3-20-39-26-27-13-11-21-38-22-12-16-29(33(27)38)30(39)17-7-8-23-44-31(40)18-19-32(41)45-24-9-10-25-46-34-35(37-47-36-34)48(42,43)28-14-5-4-6-15-28/h4-6,14-15,27,29-30,33H,2-3,7-8,11-13,16-26H2,1H3/t27-,29+,30?,33-/m1/s1. The van der Waals surface area contributed by atoms with Gasteiger partial charge in [-0.25, -0.2) is 13.0 Å². The summed E-state index contributed by atoms with van der Waals surface area (Å²) in [5, 5.41) is 6.50. The van der Waals surface area contributed by atoms with Gasteiger partial charge in [-0.3, -0.25) is 19.4 Å². The Labute approximate surface area is 283 Å². The van der Waals surface area contributed by atoms with E-state index in [4.69, 9.17) is 14.2 Å². The molecule has 0 amide bonds. The molecule has 4 atom stereocenters. The van der Waals surface area contributed by atoms with E-state index in [1.807, 2.05) is 0 Å². The number of aromatic nitrogens is 2.